The second kappa shape index (κ2) is 6.88. The van der Waals surface area contributed by atoms with Crippen LogP contribution in [-0.4, -0.2) is 22.6 Å². The highest BCUT2D eigenvalue weighted by atomic mass is 16.6. The number of ether oxygens (including phenoxy) is 1. The van der Waals surface area contributed by atoms with Gasteiger partial charge in [0.15, 0.2) is 0 Å². The average molecular weight is 342 g/mol. The Labute approximate surface area is 144 Å². The number of aromatic nitrogens is 1. The minimum Gasteiger partial charge on any atom is -0.465 e. The fraction of sp³-hybridized carbons (Fsp3) is 0.333. The molecule has 1 aliphatic carbocycles. The number of pyridine rings is 1. The average Bonchev–Trinajstić information content (AvgIpc) is 2.62. The lowest BCUT2D eigenvalue weighted by Gasteiger charge is -2.25. The molecule has 1 heterocycles. The lowest BCUT2D eigenvalue weighted by molar-refractivity contribution is -0.386. The van der Waals surface area contributed by atoms with Crippen LogP contribution >= 0.6 is 0 Å². The number of fused-ring (bicyclic) bond motifs is 1. The van der Waals surface area contributed by atoms with Gasteiger partial charge in [0.25, 0.3) is 0 Å². The van der Waals surface area contributed by atoms with Crippen molar-refractivity contribution in [1.82, 2.24) is 4.57 Å². The van der Waals surface area contributed by atoms with E-state index in [-0.39, 0.29) is 11.5 Å². The van der Waals surface area contributed by atoms with Crippen LogP contribution in [0.15, 0.2) is 41.3 Å². The predicted octanol–water partition coefficient (Wildman–Crippen LogP) is 2.35. The SMILES string of the molecule is COC(=O)c1cc([N+](=O)[O-])c(=O)n(CC2CCc3ccccc3C2)c1. The van der Waals surface area contributed by atoms with E-state index in [0.29, 0.717) is 6.54 Å². The maximum Gasteiger partial charge on any atom is 0.339 e. The molecule has 2 aromatic rings. The van der Waals surface area contributed by atoms with Gasteiger partial charge in [-0.15, -0.1) is 0 Å². The van der Waals surface area contributed by atoms with Gasteiger partial charge in [0.1, 0.15) is 0 Å². The molecule has 3 rings (SSSR count). The number of carbonyl (C=O) groups excluding carboxylic acids is 1. The standard InChI is InChI=1S/C18H18N2O5/c1-25-18(22)15-9-16(20(23)24)17(21)19(11-15)10-12-6-7-13-4-2-3-5-14(13)8-12/h2-5,9,11-12H,6-8,10H2,1H3. The highest BCUT2D eigenvalue weighted by molar-refractivity contribution is 5.89. The summed E-state index contributed by atoms with van der Waals surface area (Å²) in [6.07, 6.45) is 3.95. The summed E-state index contributed by atoms with van der Waals surface area (Å²) in [6, 6.07) is 9.13. The number of rotatable bonds is 4. The van der Waals surface area contributed by atoms with E-state index in [0.717, 1.165) is 25.3 Å². The molecule has 1 atom stereocenters. The Bertz CT molecular complexity index is 887. The molecule has 0 amide bonds. The number of nitrogens with zero attached hydrogens (tertiary/aromatic N) is 2. The largest absolute Gasteiger partial charge is 0.465 e. The first-order valence-corrected chi connectivity index (χ1v) is 8.03. The first-order valence-electron chi connectivity index (χ1n) is 8.03. The lowest BCUT2D eigenvalue weighted by atomic mass is 9.84. The second-order valence-electron chi connectivity index (χ2n) is 6.20. The van der Waals surface area contributed by atoms with Crippen LogP contribution in [0.3, 0.4) is 0 Å². The zero-order chi connectivity index (χ0) is 18.0. The van der Waals surface area contributed by atoms with Crippen molar-refractivity contribution in [2.24, 2.45) is 5.92 Å². The van der Waals surface area contributed by atoms with Gasteiger partial charge in [-0.3, -0.25) is 14.9 Å². The van der Waals surface area contributed by atoms with E-state index in [2.05, 4.69) is 16.9 Å². The molecule has 0 N–H and O–H groups in total. The van der Waals surface area contributed by atoms with E-state index >= 15 is 0 Å². The Balaban J connectivity index is 1.92. The van der Waals surface area contributed by atoms with Crippen LogP contribution in [0.2, 0.25) is 0 Å². The lowest BCUT2D eigenvalue weighted by Crippen LogP contribution is -2.29. The molecule has 7 heteroatoms. The van der Waals surface area contributed by atoms with Crippen LogP contribution in [0.1, 0.15) is 27.9 Å². The Morgan fingerprint density at radius 3 is 2.76 bits per heavy atom. The van der Waals surface area contributed by atoms with Gasteiger partial charge in [0.05, 0.1) is 17.6 Å². The highest BCUT2D eigenvalue weighted by Crippen LogP contribution is 2.26. The number of hydrogen-bond acceptors (Lipinski definition) is 5. The zero-order valence-corrected chi connectivity index (χ0v) is 13.8. The van der Waals surface area contributed by atoms with Crippen LogP contribution in [-0.2, 0) is 24.1 Å². The first-order chi connectivity index (χ1) is 12.0. The number of hydrogen-bond donors (Lipinski definition) is 0. The molecule has 0 radical (unpaired) electrons. The van der Waals surface area contributed by atoms with Gasteiger partial charge in [-0.2, -0.15) is 0 Å². The molecule has 0 bridgehead atoms. The molecule has 1 unspecified atom stereocenters. The van der Waals surface area contributed by atoms with E-state index in [1.807, 2.05) is 12.1 Å². The Hall–Kier alpha value is -2.96. The summed E-state index contributed by atoms with van der Waals surface area (Å²) in [5, 5.41) is 11.1. The maximum atomic E-state index is 12.4. The topological polar surface area (TPSA) is 91.4 Å². The minimum absolute atomic E-state index is 0.00464. The monoisotopic (exact) mass is 342 g/mol. The van der Waals surface area contributed by atoms with Gasteiger partial charge in [0, 0.05) is 18.8 Å². The van der Waals surface area contributed by atoms with Crippen molar-refractivity contribution >= 4 is 11.7 Å². The van der Waals surface area contributed by atoms with E-state index in [1.165, 1.54) is 29.0 Å². The molecular formula is C18H18N2O5. The van der Waals surface area contributed by atoms with Crippen LogP contribution in [0.25, 0.3) is 0 Å². The van der Waals surface area contributed by atoms with E-state index in [9.17, 15) is 19.7 Å². The summed E-state index contributed by atoms with van der Waals surface area (Å²) in [4.78, 5) is 34.5. The molecule has 25 heavy (non-hydrogen) atoms. The molecule has 130 valence electrons. The van der Waals surface area contributed by atoms with Crippen LogP contribution in [0.4, 0.5) is 5.69 Å². The molecule has 7 nitrogen and oxygen atoms in total. The van der Waals surface area contributed by atoms with Crippen molar-refractivity contribution in [3.05, 3.63) is 73.7 Å². The molecule has 0 fully saturated rings. The second-order valence-corrected chi connectivity index (χ2v) is 6.20. The fourth-order valence-corrected chi connectivity index (χ4v) is 3.32. The predicted molar refractivity (Wildman–Crippen MR) is 90.7 cm³/mol. The van der Waals surface area contributed by atoms with Crippen molar-refractivity contribution < 1.29 is 14.5 Å². The number of esters is 1. The fourth-order valence-electron chi connectivity index (χ4n) is 3.32. The number of carbonyl (C=O) groups is 1. The third-order valence-electron chi connectivity index (χ3n) is 4.59. The summed E-state index contributed by atoms with van der Waals surface area (Å²) in [5.41, 5.74) is 1.24. The highest BCUT2D eigenvalue weighted by Gasteiger charge is 2.24. The maximum absolute atomic E-state index is 12.4. The summed E-state index contributed by atoms with van der Waals surface area (Å²) in [6.45, 7) is 0.332. The van der Waals surface area contributed by atoms with Gasteiger partial charge in [-0.25, -0.2) is 4.79 Å². The molecule has 0 spiro atoms. The smallest absolute Gasteiger partial charge is 0.339 e. The van der Waals surface area contributed by atoms with Gasteiger partial charge in [0.2, 0.25) is 0 Å². The van der Waals surface area contributed by atoms with Gasteiger partial charge >= 0.3 is 17.2 Å². The number of benzene rings is 1. The Kier molecular flexibility index (Phi) is 4.65. The van der Waals surface area contributed by atoms with E-state index < -0.39 is 22.1 Å². The van der Waals surface area contributed by atoms with Crippen LogP contribution < -0.4 is 5.56 Å². The van der Waals surface area contributed by atoms with Crippen molar-refractivity contribution in [3.63, 3.8) is 0 Å². The molecular weight excluding hydrogens is 324 g/mol. The normalized spacial score (nSPS) is 16.1. The molecule has 0 saturated heterocycles. The van der Waals surface area contributed by atoms with Crippen LogP contribution in [0.5, 0.6) is 0 Å². The van der Waals surface area contributed by atoms with Gasteiger partial charge < -0.3 is 9.30 Å². The van der Waals surface area contributed by atoms with E-state index in [4.69, 9.17) is 0 Å². The first kappa shape index (κ1) is 16.9. The van der Waals surface area contributed by atoms with Gasteiger partial charge in [-0.05, 0) is 36.3 Å². The summed E-state index contributed by atoms with van der Waals surface area (Å²) >= 11 is 0. The number of methoxy groups -OCH3 is 1. The van der Waals surface area contributed by atoms with Crippen LogP contribution in [0, 0.1) is 16.0 Å². The Morgan fingerprint density at radius 2 is 2.08 bits per heavy atom. The summed E-state index contributed by atoms with van der Waals surface area (Å²) in [5.74, 6) is -0.522. The number of nitro groups is 1. The third-order valence-corrected chi connectivity index (χ3v) is 4.59. The van der Waals surface area contributed by atoms with Crippen molar-refractivity contribution in [1.29, 1.82) is 0 Å². The molecule has 1 aliphatic rings. The molecule has 1 aromatic heterocycles. The van der Waals surface area contributed by atoms with Crippen molar-refractivity contribution in [2.45, 2.75) is 25.8 Å². The minimum atomic E-state index is -0.762. The molecule has 0 saturated carbocycles. The third kappa shape index (κ3) is 3.45. The molecule has 0 aliphatic heterocycles. The summed E-state index contributed by atoms with van der Waals surface area (Å²) in [7, 11) is 1.20. The Morgan fingerprint density at radius 1 is 1.36 bits per heavy atom. The number of aryl methyl sites for hydroxylation is 1. The van der Waals surface area contributed by atoms with Crippen molar-refractivity contribution in [3.8, 4) is 0 Å². The summed E-state index contributed by atoms with van der Waals surface area (Å²) < 4.78 is 5.89. The molecule has 1 aromatic carbocycles. The van der Waals surface area contributed by atoms with Gasteiger partial charge in [-0.1, -0.05) is 24.3 Å². The zero-order valence-electron chi connectivity index (χ0n) is 13.8. The van der Waals surface area contributed by atoms with E-state index in [1.54, 1.807) is 0 Å². The quantitative estimate of drug-likeness (QED) is 0.483. The van der Waals surface area contributed by atoms with Crippen molar-refractivity contribution in [2.75, 3.05) is 7.11 Å².